The number of carbonyl (C=O) groups excluding carboxylic acids is 3. The summed E-state index contributed by atoms with van der Waals surface area (Å²) in [6.45, 7) is 5.99. The maximum atomic E-state index is 12.6. The van der Waals surface area contributed by atoms with E-state index in [2.05, 4.69) is 10.3 Å². The Kier molecular flexibility index (Phi) is 7.12. The Morgan fingerprint density at radius 3 is 2.52 bits per heavy atom. The fraction of sp³-hybridized carbons (Fsp3) is 0.304. The van der Waals surface area contributed by atoms with Crippen LogP contribution in [0, 0.1) is 13.8 Å². The number of amidine groups is 1. The van der Waals surface area contributed by atoms with Crippen LogP contribution in [0.4, 0.5) is 11.4 Å². The van der Waals surface area contributed by atoms with Crippen LogP contribution in [0.25, 0.3) is 0 Å². The van der Waals surface area contributed by atoms with Crippen molar-refractivity contribution in [3.05, 3.63) is 59.2 Å². The van der Waals surface area contributed by atoms with Crippen LogP contribution in [0.1, 0.15) is 34.8 Å². The topological polar surface area (TPSA) is 88.1 Å². The van der Waals surface area contributed by atoms with Crippen molar-refractivity contribution in [3.63, 3.8) is 0 Å². The summed E-state index contributed by atoms with van der Waals surface area (Å²) in [5, 5.41) is 2.86. The zero-order chi connectivity index (χ0) is 22.5. The Morgan fingerprint density at radius 1 is 1.16 bits per heavy atom. The molecule has 1 atom stereocenters. The van der Waals surface area contributed by atoms with Gasteiger partial charge in [-0.25, -0.2) is 9.79 Å². The smallest absolute Gasteiger partial charge is 0.338 e. The van der Waals surface area contributed by atoms with Gasteiger partial charge in [-0.05, 0) is 56.7 Å². The van der Waals surface area contributed by atoms with E-state index in [1.807, 2.05) is 32.0 Å². The predicted molar refractivity (Wildman–Crippen MR) is 123 cm³/mol. The zero-order valence-electron chi connectivity index (χ0n) is 18.0. The molecule has 0 radical (unpaired) electrons. The molecule has 2 aromatic carbocycles. The van der Waals surface area contributed by atoms with Crippen molar-refractivity contribution in [3.8, 4) is 0 Å². The molecule has 2 aromatic rings. The third kappa shape index (κ3) is 5.52. The number of hydrogen-bond acceptors (Lipinski definition) is 6. The van der Waals surface area contributed by atoms with Crippen molar-refractivity contribution in [2.24, 2.45) is 4.99 Å². The Morgan fingerprint density at radius 2 is 1.87 bits per heavy atom. The second-order valence-corrected chi connectivity index (χ2v) is 8.41. The van der Waals surface area contributed by atoms with Gasteiger partial charge in [-0.3, -0.25) is 14.5 Å². The average molecular weight is 440 g/mol. The molecular formula is C23H25N3O4S. The number of nitrogens with one attached hydrogen (secondary N) is 1. The molecule has 3 rings (SSSR count). The minimum absolute atomic E-state index is 0.0575. The zero-order valence-corrected chi connectivity index (χ0v) is 18.8. The van der Waals surface area contributed by atoms with Crippen LogP contribution < -0.4 is 5.32 Å². The van der Waals surface area contributed by atoms with Crippen molar-refractivity contribution in [1.82, 2.24) is 4.90 Å². The second-order valence-electron chi connectivity index (χ2n) is 7.24. The summed E-state index contributed by atoms with van der Waals surface area (Å²) in [6, 6.07) is 12.4. The van der Waals surface area contributed by atoms with Gasteiger partial charge in [0.25, 0.3) is 0 Å². The molecule has 1 heterocycles. The monoisotopic (exact) mass is 439 g/mol. The highest BCUT2D eigenvalue weighted by atomic mass is 32.2. The molecule has 1 N–H and O–H groups in total. The summed E-state index contributed by atoms with van der Waals surface area (Å²) < 4.78 is 4.97. The molecule has 1 saturated heterocycles. The van der Waals surface area contributed by atoms with E-state index >= 15 is 0 Å². The number of aryl methyl sites for hydroxylation is 2. The van der Waals surface area contributed by atoms with Crippen molar-refractivity contribution in [2.75, 3.05) is 19.0 Å². The van der Waals surface area contributed by atoms with Crippen LogP contribution in [0.2, 0.25) is 0 Å². The second kappa shape index (κ2) is 9.78. The van der Waals surface area contributed by atoms with E-state index in [1.54, 1.807) is 38.2 Å². The van der Waals surface area contributed by atoms with E-state index in [0.717, 1.165) is 16.8 Å². The Labute approximate surface area is 185 Å². The van der Waals surface area contributed by atoms with E-state index in [1.165, 1.54) is 16.7 Å². The highest BCUT2D eigenvalue weighted by Gasteiger charge is 2.37. The minimum atomic E-state index is -0.534. The minimum Gasteiger partial charge on any atom is -0.462 e. The summed E-state index contributed by atoms with van der Waals surface area (Å²) in [5.74, 6) is -0.770. The van der Waals surface area contributed by atoms with Crippen LogP contribution in [0.5, 0.6) is 0 Å². The number of ether oxygens (including phenoxy) is 1. The standard InChI is InChI=1S/C23H25N3O4S/c1-5-30-22(29)16-7-9-17(10-8-16)24-23-26(4)21(28)19(31-23)13-20(27)25-18-11-6-14(2)12-15(18)3/h6-12,19H,5,13H2,1-4H3,(H,25,27)/t19-/m1/s1. The number of anilines is 1. The number of amides is 2. The van der Waals surface area contributed by atoms with Crippen LogP contribution >= 0.6 is 11.8 Å². The molecule has 0 aromatic heterocycles. The Balaban J connectivity index is 1.65. The number of carbonyl (C=O) groups is 3. The van der Waals surface area contributed by atoms with Gasteiger partial charge in [-0.15, -0.1) is 0 Å². The third-order valence-corrected chi connectivity index (χ3v) is 6.00. The van der Waals surface area contributed by atoms with Crippen LogP contribution in [0.15, 0.2) is 47.5 Å². The number of benzene rings is 2. The third-order valence-electron chi connectivity index (χ3n) is 4.77. The van der Waals surface area contributed by atoms with Crippen LogP contribution in [-0.2, 0) is 14.3 Å². The van der Waals surface area contributed by atoms with Gasteiger partial charge in [-0.1, -0.05) is 29.5 Å². The van der Waals surface area contributed by atoms with Crippen molar-refractivity contribution >= 4 is 46.1 Å². The van der Waals surface area contributed by atoms with Gasteiger partial charge in [-0.2, -0.15) is 0 Å². The first-order valence-corrected chi connectivity index (χ1v) is 10.8. The Bertz CT molecular complexity index is 1030. The summed E-state index contributed by atoms with van der Waals surface area (Å²) >= 11 is 1.26. The van der Waals surface area contributed by atoms with Crippen molar-refractivity contribution in [2.45, 2.75) is 32.4 Å². The van der Waals surface area contributed by atoms with E-state index in [4.69, 9.17) is 4.74 Å². The lowest BCUT2D eigenvalue weighted by molar-refractivity contribution is -0.127. The molecule has 31 heavy (non-hydrogen) atoms. The lowest BCUT2D eigenvalue weighted by Crippen LogP contribution is -2.30. The number of aliphatic imine (C=N–C) groups is 1. The molecule has 0 bridgehead atoms. The molecule has 7 nitrogen and oxygen atoms in total. The number of hydrogen-bond donors (Lipinski definition) is 1. The molecule has 0 saturated carbocycles. The molecule has 1 aliphatic heterocycles. The van der Waals surface area contributed by atoms with E-state index in [0.29, 0.717) is 23.0 Å². The highest BCUT2D eigenvalue weighted by molar-refractivity contribution is 8.15. The largest absolute Gasteiger partial charge is 0.462 e. The maximum absolute atomic E-state index is 12.6. The van der Waals surface area contributed by atoms with Gasteiger partial charge in [0.05, 0.1) is 17.9 Å². The number of rotatable bonds is 6. The van der Waals surface area contributed by atoms with E-state index < -0.39 is 5.25 Å². The molecule has 0 spiro atoms. The van der Waals surface area contributed by atoms with E-state index in [9.17, 15) is 14.4 Å². The van der Waals surface area contributed by atoms with Gasteiger partial charge in [0.2, 0.25) is 11.8 Å². The average Bonchev–Trinajstić information content (AvgIpc) is 2.98. The van der Waals surface area contributed by atoms with Crippen molar-refractivity contribution < 1.29 is 19.1 Å². The molecule has 1 aliphatic rings. The summed E-state index contributed by atoms with van der Waals surface area (Å²) in [4.78, 5) is 42.8. The molecule has 162 valence electrons. The molecule has 0 aliphatic carbocycles. The predicted octanol–water partition coefficient (Wildman–Crippen LogP) is 4.07. The number of thioether (sulfide) groups is 1. The fourth-order valence-electron chi connectivity index (χ4n) is 3.12. The lowest BCUT2D eigenvalue weighted by atomic mass is 10.1. The highest BCUT2D eigenvalue weighted by Crippen LogP contribution is 2.31. The normalized spacial score (nSPS) is 17.2. The van der Waals surface area contributed by atoms with Gasteiger partial charge < -0.3 is 10.1 Å². The van der Waals surface area contributed by atoms with Gasteiger partial charge in [0.1, 0.15) is 5.25 Å². The van der Waals surface area contributed by atoms with Gasteiger partial charge in [0.15, 0.2) is 5.17 Å². The van der Waals surface area contributed by atoms with Gasteiger partial charge >= 0.3 is 5.97 Å². The summed E-state index contributed by atoms with van der Waals surface area (Å²) in [6.07, 6.45) is 0.0575. The van der Waals surface area contributed by atoms with Crippen LogP contribution in [0.3, 0.4) is 0 Å². The van der Waals surface area contributed by atoms with Gasteiger partial charge in [0, 0.05) is 19.2 Å². The molecule has 0 unspecified atom stereocenters. The first kappa shape index (κ1) is 22.6. The molecular weight excluding hydrogens is 414 g/mol. The first-order valence-electron chi connectivity index (χ1n) is 9.95. The maximum Gasteiger partial charge on any atom is 0.338 e. The number of nitrogens with zero attached hydrogens (tertiary/aromatic N) is 2. The molecule has 2 amide bonds. The Hall–Kier alpha value is -3.13. The fourth-order valence-corrected chi connectivity index (χ4v) is 4.27. The SMILES string of the molecule is CCOC(=O)c1ccc(N=C2S[C@H](CC(=O)Nc3ccc(C)cc3C)C(=O)N2C)cc1. The first-order chi connectivity index (χ1) is 14.8. The summed E-state index contributed by atoms with van der Waals surface area (Å²) in [5.41, 5.74) is 3.89. The molecule has 8 heteroatoms. The van der Waals surface area contributed by atoms with Crippen molar-refractivity contribution in [1.29, 1.82) is 0 Å². The van der Waals surface area contributed by atoms with Crippen LogP contribution in [-0.4, -0.2) is 46.8 Å². The molecule has 1 fully saturated rings. The quantitative estimate of drug-likeness (QED) is 0.686. The lowest BCUT2D eigenvalue weighted by Gasteiger charge is -2.11. The number of esters is 1. The van der Waals surface area contributed by atoms with E-state index in [-0.39, 0.29) is 24.2 Å². The summed E-state index contributed by atoms with van der Waals surface area (Å²) in [7, 11) is 1.64.